The summed E-state index contributed by atoms with van der Waals surface area (Å²) in [5.41, 5.74) is 1.95. The number of hydrogen-bond acceptors (Lipinski definition) is 6. The van der Waals surface area contributed by atoms with Crippen molar-refractivity contribution >= 4 is 17.5 Å². The largest absolute Gasteiger partial charge is 0.497 e. The summed E-state index contributed by atoms with van der Waals surface area (Å²) in [5.74, 6) is 1.99. The fourth-order valence-electron chi connectivity index (χ4n) is 2.71. The molecule has 2 aromatic carbocycles. The molecule has 0 saturated heterocycles. The zero-order chi connectivity index (χ0) is 18.1. The lowest BCUT2D eigenvalue weighted by Crippen LogP contribution is -2.15. The number of halogens is 1. The van der Waals surface area contributed by atoms with Crippen LogP contribution in [0.15, 0.2) is 52.7 Å². The van der Waals surface area contributed by atoms with Gasteiger partial charge in [-0.05, 0) is 30.3 Å². The van der Waals surface area contributed by atoms with Gasteiger partial charge in [-0.25, -0.2) is 4.39 Å². The van der Waals surface area contributed by atoms with Crippen LogP contribution in [0.3, 0.4) is 0 Å². The Morgan fingerprint density at radius 1 is 1.04 bits per heavy atom. The van der Waals surface area contributed by atoms with Gasteiger partial charge in [0.15, 0.2) is 5.82 Å². The molecule has 1 aromatic heterocycles. The van der Waals surface area contributed by atoms with Crippen LogP contribution in [0.25, 0.3) is 11.4 Å². The van der Waals surface area contributed by atoms with E-state index in [1.54, 1.807) is 37.1 Å². The van der Waals surface area contributed by atoms with Crippen molar-refractivity contribution in [3.63, 3.8) is 0 Å². The highest BCUT2D eigenvalue weighted by molar-refractivity contribution is 7.99. The van der Waals surface area contributed by atoms with E-state index in [-0.39, 0.29) is 5.82 Å². The van der Waals surface area contributed by atoms with Crippen LogP contribution in [-0.2, 0) is 0 Å². The van der Waals surface area contributed by atoms with Crippen molar-refractivity contribution in [2.45, 2.75) is 5.16 Å². The predicted molar refractivity (Wildman–Crippen MR) is 97.6 cm³/mol. The Bertz CT molecular complexity index is 1000. The van der Waals surface area contributed by atoms with Gasteiger partial charge in [-0.2, -0.15) is 9.78 Å². The lowest BCUT2D eigenvalue weighted by molar-refractivity contribution is 0.402. The molecule has 0 fully saturated rings. The zero-order valence-corrected chi connectivity index (χ0v) is 15.0. The van der Waals surface area contributed by atoms with Crippen LogP contribution in [-0.4, -0.2) is 40.6 Å². The number of ether oxygens (including phenoxy) is 2. The van der Waals surface area contributed by atoms with E-state index in [2.05, 4.69) is 15.3 Å². The lowest BCUT2D eigenvalue weighted by Gasteiger charge is -2.16. The topological polar surface area (TPSA) is 61.5 Å². The van der Waals surface area contributed by atoms with E-state index in [9.17, 15) is 4.39 Å². The van der Waals surface area contributed by atoms with Gasteiger partial charge in [-0.1, -0.05) is 23.9 Å². The average molecular weight is 370 g/mol. The third-order valence-corrected chi connectivity index (χ3v) is 4.93. The minimum Gasteiger partial charge on any atom is -0.497 e. The van der Waals surface area contributed by atoms with Gasteiger partial charge in [0.05, 0.1) is 25.5 Å². The van der Waals surface area contributed by atoms with E-state index >= 15 is 0 Å². The summed E-state index contributed by atoms with van der Waals surface area (Å²) in [6.07, 6.45) is 0. The first-order valence-electron chi connectivity index (χ1n) is 7.84. The fourth-order valence-corrected chi connectivity index (χ4v) is 3.54. The zero-order valence-electron chi connectivity index (χ0n) is 14.1. The first-order chi connectivity index (χ1) is 12.7. The third kappa shape index (κ3) is 2.82. The highest BCUT2D eigenvalue weighted by Crippen LogP contribution is 2.32. The number of hydrogen-bond donors (Lipinski definition) is 0. The number of methoxy groups -OCH3 is 2. The van der Waals surface area contributed by atoms with Gasteiger partial charge in [0.25, 0.3) is 0 Å². The summed E-state index contributed by atoms with van der Waals surface area (Å²) in [6.45, 7) is 0. The Labute approximate surface area is 153 Å². The Morgan fingerprint density at radius 3 is 2.65 bits per heavy atom. The number of thioether (sulfide) groups is 1. The molecule has 1 aliphatic heterocycles. The number of rotatable bonds is 4. The predicted octanol–water partition coefficient (Wildman–Crippen LogP) is 3.46. The van der Waals surface area contributed by atoms with Crippen LogP contribution < -0.4 is 9.47 Å². The molecule has 4 rings (SSSR count). The smallest absolute Gasteiger partial charge is 0.212 e. The van der Waals surface area contributed by atoms with Crippen molar-refractivity contribution in [3.8, 4) is 22.9 Å². The monoisotopic (exact) mass is 370 g/mol. The number of aromatic nitrogens is 3. The second-order valence-electron chi connectivity index (χ2n) is 5.50. The van der Waals surface area contributed by atoms with E-state index in [1.165, 1.54) is 17.8 Å². The van der Waals surface area contributed by atoms with Crippen molar-refractivity contribution in [1.82, 2.24) is 14.9 Å². The van der Waals surface area contributed by atoms with Crippen molar-refractivity contribution in [3.05, 3.63) is 53.8 Å². The molecule has 0 amide bonds. The second kappa shape index (κ2) is 6.80. The quantitative estimate of drug-likeness (QED) is 0.704. The molecule has 0 atom stereocenters. The van der Waals surface area contributed by atoms with E-state index < -0.39 is 0 Å². The molecule has 3 aromatic rings. The molecule has 2 heterocycles. The van der Waals surface area contributed by atoms with Crippen LogP contribution in [0.4, 0.5) is 4.39 Å². The van der Waals surface area contributed by atoms with E-state index in [4.69, 9.17) is 9.47 Å². The van der Waals surface area contributed by atoms with Gasteiger partial charge in [0, 0.05) is 11.3 Å². The molecule has 0 unspecified atom stereocenters. The van der Waals surface area contributed by atoms with Gasteiger partial charge in [-0.3, -0.25) is 0 Å². The lowest BCUT2D eigenvalue weighted by atomic mass is 10.1. The molecule has 132 valence electrons. The molecular weight excluding hydrogens is 355 g/mol. The van der Waals surface area contributed by atoms with Gasteiger partial charge in [0.1, 0.15) is 17.3 Å². The molecule has 6 nitrogen and oxygen atoms in total. The van der Waals surface area contributed by atoms with Crippen molar-refractivity contribution < 1.29 is 13.9 Å². The Hall–Kier alpha value is -2.87. The van der Waals surface area contributed by atoms with E-state index in [0.717, 1.165) is 11.3 Å². The second-order valence-corrected chi connectivity index (χ2v) is 6.44. The molecule has 0 N–H and O–H groups in total. The molecule has 8 heteroatoms. The first kappa shape index (κ1) is 16.6. The van der Waals surface area contributed by atoms with Gasteiger partial charge < -0.3 is 9.47 Å². The van der Waals surface area contributed by atoms with Crippen LogP contribution in [0.5, 0.6) is 11.5 Å². The van der Waals surface area contributed by atoms with E-state index in [0.29, 0.717) is 33.8 Å². The maximum Gasteiger partial charge on any atom is 0.212 e. The van der Waals surface area contributed by atoms with E-state index in [1.807, 2.05) is 18.2 Å². The Morgan fingerprint density at radius 2 is 1.88 bits per heavy atom. The highest BCUT2D eigenvalue weighted by atomic mass is 32.2. The molecule has 0 aliphatic carbocycles. The van der Waals surface area contributed by atoms with Crippen LogP contribution >= 0.6 is 11.8 Å². The maximum absolute atomic E-state index is 14.2. The Kier molecular flexibility index (Phi) is 4.34. The van der Waals surface area contributed by atoms with Gasteiger partial charge in [0.2, 0.25) is 5.16 Å². The molecule has 26 heavy (non-hydrogen) atoms. The number of benzene rings is 2. The Balaban J connectivity index is 1.84. The third-order valence-electron chi connectivity index (χ3n) is 4.00. The molecular formula is C18H15FN4O2S. The van der Waals surface area contributed by atoms with Crippen LogP contribution in [0.1, 0.15) is 5.56 Å². The summed E-state index contributed by atoms with van der Waals surface area (Å²) >= 11 is 1.49. The first-order valence-corrected chi connectivity index (χ1v) is 8.83. The minimum atomic E-state index is -0.367. The molecule has 0 bridgehead atoms. The molecule has 0 spiro atoms. The SMILES string of the molecule is COc1ccc(OC)c(C2=Nn3c(nnc3-c3ccccc3F)SC2)c1. The summed E-state index contributed by atoms with van der Waals surface area (Å²) in [7, 11) is 3.22. The van der Waals surface area contributed by atoms with Crippen molar-refractivity contribution in [2.75, 3.05) is 20.0 Å². The van der Waals surface area contributed by atoms with Crippen LogP contribution in [0.2, 0.25) is 0 Å². The van der Waals surface area contributed by atoms with Crippen molar-refractivity contribution in [1.29, 1.82) is 0 Å². The normalized spacial score (nSPS) is 13.1. The standard InChI is InChI=1S/C18H15FN4O2S/c1-24-11-7-8-16(25-2)13(9-11)15-10-26-18-21-20-17(23(18)22-15)12-5-3-4-6-14(12)19/h3-9H,10H2,1-2H3. The molecule has 0 saturated carbocycles. The summed E-state index contributed by atoms with van der Waals surface area (Å²) < 4.78 is 26.5. The minimum absolute atomic E-state index is 0.356. The summed E-state index contributed by atoms with van der Waals surface area (Å²) in [5, 5.41) is 13.5. The van der Waals surface area contributed by atoms with Crippen molar-refractivity contribution in [2.24, 2.45) is 5.10 Å². The number of fused-ring (bicyclic) bond motifs is 1. The summed E-state index contributed by atoms with van der Waals surface area (Å²) in [4.78, 5) is 0. The molecule has 0 radical (unpaired) electrons. The van der Waals surface area contributed by atoms with Gasteiger partial charge >= 0.3 is 0 Å². The van der Waals surface area contributed by atoms with Gasteiger partial charge in [-0.15, -0.1) is 10.2 Å². The molecule has 1 aliphatic rings. The summed E-state index contributed by atoms with van der Waals surface area (Å²) in [6, 6.07) is 12.0. The highest BCUT2D eigenvalue weighted by Gasteiger charge is 2.23. The average Bonchev–Trinajstić information content (AvgIpc) is 3.10. The number of nitrogens with zero attached hydrogens (tertiary/aromatic N) is 4. The fraction of sp³-hybridized carbons (Fsp3) is 0.167. The maximum atomic E-state index is 14.2. The van der Waals surface area contributed by atoms with Crippen LogP contribution in [0, 0.1) is 5.82 Å².